The Kier molecular flexibility index (Phi) is 4.23. The van der Waals surface area contributed by atoms with Crippen LogP contribution in [-0.4, -0.2) is 68.3 Å². The zero-order chi connectivity index (χ0) is 19.5. The molecule has 2 atom stereocenters. The van der Waals surface area contributed by atoms with Gasteiger partial charge in [0.25, 0.3) is 0 Å². The summed E-state index contributed by atoms with van der Waals surface area (Å²) in [6, 6.07) is 0.178. The van der Waals surface area contributed by atoms with E-state index in [1.165, 1.54) is 10.6 Å². The predicted molar refractivity (Wildman–Crippen MR) is 106 cm³/mol. The zero-order valence-corrected chi connectivity index (χ0v) is 16.9. The molecule has 5 heterocycles. The lowest BCUT2D eigenvalue weighted by Gasteiger charge is -2.35. The zero-order valence-electron chi connectivity index (χ0n) is 16.1. The van der Waals surface area contributed by atoms with Crippen LogP contribution < -0.4 is 20.1 Å². The molecule has 0 saturated carbocycles. The molecule has 0 amide bonds. The first-order chi connectivity index (χ1) is 13.4. The second-order valence-corrected chi connectivity index (χ2v) is 9.57. The van der Waals surface area contributed by atoms with Gasteiger partial charge in [0.15, 0.2) is 5.65 Å². The van der Waals surface area contributed by atoms with E-state index >= 15 is 0 Å². The first-order valence-corrected chi connectivity index (χ1v) is 11.5. The standard InChI is InChI=1S/C17H25N7O3S/c1-11-10-27-8-7-22(11)16-12-4-6-23(28(2,25)26)15(12)13-9-19-24(17(13)20-16)14-3-5-18-21-14/h9,11,14,18,21H,3-8,10H2,1-2H3/t11-,14?/m1/s1. The summed E-state index contributed by atoms with van der Waals surface area (Å²) in [5.74, 6) is 0.858. The number of aromatic nitrogens is 3. The third-order valence-electron chi connectivity index (χ3n) is 5.75. The Labute approximate surface area is 163 Å². The molecule has 152 valence electrons. The van der Waals surface area contributed by atoms with Gasteiger partial charge in [-0.25, -0.2) is 23.5 Å². The number of morpholine rings is 1. The van der Waals surface area contributed by atoms with Crippen molar-refractivity contribution in [3.05, 3.63) is 11.8 Å². The third-order valence-corrected chi connectivity index (χ3v) is 6.92. The molecule has 3 aliphatic heterocycles. The normalized spacial score (nSPS) is 25.6. The van der Waals surface area contributed by atoms with Gasteiger partial charge in [-0.3, -0.25) is 9.73 Å². The summed E-state index contributed by atoms with van der Waals surface area (Å²) in [5, 5.41) is 5.35. The molecule has 28 heavy (non-hydrogen) atoms. The SMILES string of the molecule is C[C@@H]1COCCN1c1nc2c(cnn2C2CCNN2)c2c1CCN2S(C)(=O)=O. The molecule has 2 N–H and O–H groups in total. The van der Waals surface area contributed by atoms with Crippen LogP contribution in [-0.2, 0) is 21.2 Å². The molecule has 0 aromatic carbocycles. The maximum Gasteiger partial charge on any atom is 0.232 e. The second kappa shape index (κ2) is 6.55. The van der Waals surface area contributed by atoms with Gasteiger partial charge < -0.3 is 9.64 Å². The number of hydrogen-bond donors (Lipinski definition) is 2. The number of anilines is 2. The Balaban J connectivity index is 1.74. The van der Waals surface area contributed by atoms with E-state index in [1.54, 1.807) is 6.20 Å². The van der Waals surface area contributed by atoms with E-state index in [0.29, 0.717) is 31.8 Å². The van der Waals surface area contributed by atoms with Crippen LogP contribution >= 0.6 is 0 Å². The highest BCUT2D eigenvalue weighted by Gasteiger charge is 2.36. The van der Waals surface area contributed by atoms with Crippen molar-refractivity contribution < 1.29 is 13.2 Å². The predicted octanol–water partition coefficient (Wildman–Crippen LogP) is -0.0250. The maximum atomic E-state index is 12.5. The van der Waals surface area contributed by atoms with Crippen molar-refractivity contribution in [3.8, 4) is 0 Å². The fourth-order valence-electron chi connectivity index (χ4n) is 4.40. The van der Waals surface area contributed by atoms with E-state index < -0.39 is 10.0 Å². The lowest BCUT2D eigenvalue weighted by Crippen LogP contribution is -2.44. The fourth-order valence-corrected chi connectivity index (χ4v) is 5.37. The Morgan fingerprint density at radius 1 is 1.32 bits per heavy atom. The molecule has 2 fully saturated rings. The van der Waals surface area contributed by atoms with E-state index in [-0.39, 0.29) is 12.2 Å². The molecule has 0 spiro atoms. The van der Waals surface area contributed by atoms with E-state index in [9.17, 15) is 8.42 Å². The molecule has 1 unspecified atom stereocenters. The number of hydrazine groups is 1. The number of fused-ring (bicyclic) bond motifs is 3. The Bertz CT molecular complexity index is 1020. The third kappa shape index (κ3) is 2.76. The van der Waals surface area contributed by atoms with Crippen LogP contribution in [0.25, 0.3) is 11.0 Å². The smallest absolute Gasteiger partial charge is 0.232 e. The van der Waals surface area contributed by atoms with Crippen molar-refractivity contribution in [3.63, 3.8) is 0 Å². The lowest BCUT2D eigenvalue weighted by molar-refractivity contribution is 0.0985. The fraction of sp³-hybridized carbons (Fsp3) is 0.647. The number of sulfonamides is 1. The minimum absolute atomic E-state index is 0.00824. The number of nitrogens with zero attached hydrogens (tertiary/aromatic N) is 5. The van der Waals surface area contributed by atoms with Crippen LogP contribution in [0.2, 0.25) is 0 Å². The topological polar surface area (TPSA) is 105 Å². The average molecular weight is 408 g/mol. The summed E-state index contributed by atoms with van der Waals surface area (Å²) in [6.45, 7) is 5.41. The Hall–Kier alpha value is -1.95. The van der Waals surface area contributed by atoms with Gasteiger partial charge in [0.2, 0.25) is 10.0 Å². The van der Waals surface area contributed by atoms with Gasteiger partial charge >= 0.3 is 0 Å². The van der Waals surface area contributed by atoms with Gasteiger partial charge in [-0.05, 0) is 19.8 Å². The first kappa shape index (κ1) is 18.1. The van der Waals surface area contributed by atoms with E-state index in [4.69, 9.17) is 9.72 Å². The summed E-state index contributed by atoms with van der Waals surface area (Å²) in [4.78, 5) is 7.26. The van der Waals surface area contributed by atoms with E-state index in [2.05, 4.69) is 27.8 Å². The Morgan fingerprint density at radius 3 is 2.89 bits per heavy atom. The van der Waals surface area contributed by atoms with Crippen LogP contribution in [0.5, 0.6) is 0 Å². The van der Waals surface area contributed by atoms with Crippen molar-refractivity contribution in [1.82, 2.24) is 25.6 Å². The van der Waals surface area contributed by atoms with Crippen LogP contribution in [0.3, 0.4) is 0 Å². The molecule has 0 aliphatic carbocycles. The lowest BCUT2D eigenvalue weighted by atomic mass is 10.1. The highest BCUT2D eigenvalue weighted by molar-refractivity contribution is 7.92. The number of rotatable bonds is 3. The first-order valence-electron chi connectivity index (χ1n) is 9.65. The second-order valence-electron chi connectivity index (χ2n) is 7.67. The summed E-state index contributed by atoms with van der Waals surface area (Å²) in [7, 11) is -3.38. The Morgan fingerprint density at radius 2 is 2.18 bits per heavy atom. The van der Waals surface area contributed by atoms with Crippen LogP contribution in [0.15, 0.2) is 6.20 Å². The average Bonchev–Trinajstić information content (AvgIpc) is 3.38. The van der Waals surface area contributed by atoms with Crippen molar-refractivity contribution in [1.29, 1.82) is 0 Å². The van der Waals surface area contributed by atoms with Crippen molar-refractivity contribution in [2.24, 2.45) is 0 Å². The molecule has 0 radical (unpaired) electrons. The molecule has 11 heteroatoms. The van der Waals surface area contributed by atoms with Crippen LogP contribution in [0.1, 0.15) is 25.1 Å². The van der Waals surface area contributed by atoms with Gasteiger partial charge in [-0.1, -0.05) is 0 Å². The quantitative estimate of drug-likeness (QED) is 0.731. The molecule has 10 nitrogen and oxygen atoms in total. The van der Waals surface area contributed by atoms with Gasteiger partial charge in [0.05, 0.1) is 42.8 Å². The summed E-state index contributed by atoms with van der Waals surface area (Å²) >= 11 is 0. The highest BCUT2D eigenvalue weighted by atomic mass is 32.2. The number of pyridine rings is 1. The molecular weight excluding hydrogens is 382 g/mol. The monoisotopic (exact) mass is 407 g/mol. The van der Waals surface area contributed by atoms with Gasteiger partial charge in [0.1, 0.15) is 12.0 Å². The van der Waals surface area contributed by atoms with Crippen molar-refractivity contribution in [2.45, 2.75) is 32.0 Å². The largest absolute Gasteiger partial charge is 0.377 e. The number of ether oxygens (including phenoxy) is 1. The number of nitrogens with one attached hydrogen (secondary N) is 2. The van der Waals surface area contributed by atoms with Crippen LogP contribution in [0, 0.1) is 0 Å². The number of hydrogen-bond acceptors (Lipinski definition) is 8. The summed E-state index contributed by atoms with van der Waals surface area (Å²) in [6.07, 6.45) is 4.54. The van der Waals surface area contributed by atoms with Gasteiger partial charge in [-0.15, -0.1) is 0 Å². The maximum absolute atomic E-state index is 12.5. The summed E-state index contributed by atoms with van der Waals surface area (Å²) in [5.41, 5.74) is 8.77. The van der Waals surface area contributed by atoms with Gasteiger partial charge in [0, 0.05) is 25.2 Å². The summed E-state index contributed by atoms with van der Waals surface area (Å²) < 4.78 is 33.9. The minimum Gasteiger partial charge on any atom is -0.377 e. The molecular formula is C17H25N7O3S. The molecule has 5 rings (SSSR count). The molecule has 3 aliphatic rings. The minimum atomic E-state index is -3.38. The highest BCUT2D eigenvalue weighted by Crippen LogP contribution is 2.42. The molecule has 2 aromatic rings. The van der Waals surface area contributed by atoms with Gasteiger partial charge in [-0.2, -0.15) is 5.10 Å². The van der Waals surface area contributed by atoms with E-state index in [0.717, 1.165) is 42.0 Å². The van der Waals surface area contributed by atoms with Crippen LogP contribution in [0.4, 0.5) is 11.5 Å². The van der Waals surface area contributed by atoms with E-state index in [1.807, 2.05) is 4.68 Å². The van der Waals surface area contributed by atoms with Crippen molar-refractivity contribution >= 4 is 32.6 Å². The van der Waals surface area contributed by atoms with Crippen molar-refractivity contribution in [2.75, 3.05) is 48.3 Å². The molecule has 2 aromatic heterocycles. The molecule has 2 saturated heterocycles. The molecule has 0 bridgehead atoms.